The number of nitrogens with zero attached hydrogens (tertiary/aromatic N) is 2. The largest absolute Gasteiger partial charge is 0.494 e. The van der Waals surface area contributed by atoms with E-state index in [1.165, 1.54) is 13.2 Å². The molecule has 110 valence electrons. The van der Waals surface area contributed by atoms with Crippen LogP contribution in [0.4, 0.5) is 4.39 Å². The predicted octanol–water partition coefficient (Wildman–Crippen LogP) is 4.53. The first kappa shape index (κ1) is 15.1. The van der Waals surface area contributed by atoms with E-state index in [1.54, 1.807) is 6.07 Å². The molecule has 0 aliphatic rings. The van der Waals surface area contributed by atoms with Gasteiger partial charge in [-0.05, 0) is 19.3 Å². The second-order valence-corrected chi connectivity index (χ2v) is 5.75. The Labute approximate surface area is 123 Å². The van der Waals surface area contributed by atoms with Crippen LogP contribution in [0.25, 0.3) is 11.0 Å². The maximum Gasteiger partial charge on any atom is 0.167 e. The number of alkyl halides is 1. The third kappa shape index (κ3) is 2.75. The average Bonchev–Trinajstić information content (AvgIpc) is 2.74. The lowest BCUT2D eigenvalue weighted by molar-refractivity contribution is 0.386. The maximum atomic E-state index is 13.8. The molecule has 5 heteroatoms. The van der Waals surface area contributed by atoms with Gasteiger partial charge >= 0.3 is 0 Å². The lowest BCUT2D eigenvalue weighted by Crippen LogP contribution is -2.11. The summed E-state index contributed by atoms with van der Waals surface area (Å²) >= 11 is 5.99. The summed E-state index contributed by atoms with van der Waals surface area (Å²) < 4.78 is 20.9. The number of halogens is 2. The quantitative estimate of drug-likeness (QED) is 0.758. The molecule has 1 aromatic heterocycles. The monoisotopic (exact) mass is 298 g/mol. The topological polar surface area (TPSA) is 27.1 Å². The number of methoxy groups -OCH3 is 1. The minimum absolute atomic E-state index is 0.233. The van der Waals surface area contributed by atoms with Crippen LogP contribution >= 0.6 is 11.6 Å². The van der Waals surface area contributed by atoms with E-state index in [-0.39, 0.29) is 11.8 Å². The van der Waals surface area contributed by atoms with Crippen molar-refractivity contribution in [1.29, 1.82) is 0 Å². The van der Waals surface area contributed by atoms with Crippen molar-refractivity contribution in [2.75, 3.05) is 7.11 Å². The summed E-state index contributed by atoms with van der Waals surface area (Å²) in [7, 11) is 1.46. The number of ether oxygens (including phenoxy) is 1. The summed E-state index contributed by atoms with van der Waals surface area (Å²) in [5.74, 6) is 1.47. The minimum atomic E-state index is -0.401. The molecule has 1 atom stereocenters. The molecule has 0 amide bonds. The van der Waals surface area contributed by atoms with Crippen LogP contribution in [-0.2, 0) is 5.88 Å². The molecule has 0 aliphatic carbocycles. The van der Waals surface area contributed by atoms with Crippen molar-refractivity contribution in [1.82, 2.24) is 9.55 Å². The second kappa shape index (κ2) is 6.00. The molecule has 0 radical (unpaired) electrons. The summed E-state index contributed by atoms with van der Waals surface area (Å²) in [5, 5.41) is 0. The lowest BCUT2D eigenvalue weighted by Gasteiger charge is -2.19. The highest BCUT2D eigenvalue weighted by molar-refractivity contribution is 6.16. The van der Waals surface area contributed by atoms with Gasteiger partial charge in [0.15, 0.2) is 11.6 Å². The van der Waals surface area contributed by atoms with Gasteiger partial charge in [0.05, 0.1) is 24.0 Å². The molecule has 2 aromatic rings. The van der Waals surface area contributed by atoms with Crippen LogP contribution in [-0.4, -0.2) is 16.7 Å². The van der Waals surface area contributed by atoms with E-state index in [1.807, 2.05) is 0 Å². The molecule has 0 aliphatic heterocycles. The molecule has 0 spiro atoms. The first-order valence-electron chi connectivity index (χ1n) is 6.78. The van der Waals surface area contributed by atoms with Gasteiger partial charge in [-0.1, -0.05) is 13.8 Å². The summed E-state index contributed by atoms with van der Waals surface area (Å²) in [5.41, 5.74) is 1.49. The molecule has 20 heavy (non-hydrogen) atoms. The first-order chi connectivity index (χ1) is 9.47. The Kier molecular flexibility index (Phi) is 4.53. The van der Waals surface area contributed by atoms with Crippen molar-refractivity contribution in [2.24, 2.45) is 5.92 Å². The van der Waals surface area contributed by atoms with Crippen molar-refractivity contribution in [3.05, 3.63) is 23.8 Å². The van der Waals surface area contributed by atoms with Gasteiger partial charge in [0.1, 0.15) is 5.82 Å². The molecule has 0 bridgehead atoms. The smallest absolute Gasteiger partial charge is 0.167 e. The van der Waals surface area contributed by atoms with E-state index < -0.39 is 5.82 Å². The van der Waals surface area contributed by atoms with Crippen LogP contribution in [0.1, 0.15) is 39.1 Å². The van der Waals surface area contributed by atoms with Gasteiger partial charge in [0.2, 0.25) is 0 Å². The molecule has 0 saturated carbocycles. The molecule has 0 N–H and O–H groups in total. The normalized spacial score (nSPS) is 13.2. The van der Waals surface area contributed by atoms with Crippen LogP contribution in [0, 0.1) is 11.7 Å². The summed E-state index contributed by atoms with van der Waals surface area (Å²) in [6.45, 7) is 6.49. The fourth-order valence-electron chi connectivity index (χ4n) is 2.68. The minimum Gasteiger partial charge on any atom is -0.494 e. The van der Waals surface area contributed by atoms with Crippen LogP contribution in [0.15, 0.2) is 12.1 Å². The summed E-state index contributed by atoms with van der Waals surface area (Å²) in [6.07, 6.45) is 1.01. The van der Waals surface area contributed by atoms with Gasteiger partial charge in [-0.3, -0.25) is 0 Å². The second-order valence-electron chi connectivity index (χ2n) is 5.49. The highest BCUT2D eigenvalue weighted by atomic mass is 35.5. The zero-order valence-corrected chi connectivity index (χ0v) is 13.0. The standard InChI is InChI=1S/C15H20ClFN2O/c1-9(2)5-10(3)19-13-7-14(20-4)11(17)6-12(13)18-15(19)8-16/h6-7,9-10H,5,8H2,1-4H3. The molecular formula is C15H20ClFN2O. The molecule has 1 heterocycles. The molecule has 1 aromatic carbocycles. The number of fused-ring (bicyclic) bond motifs is 1. The molecule has 0 saturated heterocycles. The van der Waals surface area contributed by atoms with E-state index in [0.29, 0.717) is 17.3 Å². The van der Waals surface area contributed by atoms with Gasteiger partial charge in [0, 0.05) is 18.2 Å². The van der Waals surface area contributed by atoms with E-state index >= 15 is 0 Å². The fourth-order valence-corrected chi connectivity index (χ4v) is 2.87. The van der Waals surface area contributed by atoms with E-state index in [9.17, 15) is 4.39 Å². The number of hydrogen-bond donors (Lipinski definition) is 0. The highest BCUT2D eigenvalue weighted by Crippen LogP contribution is 2.30. The highest BCUT2D eigenvalue weighted by Gasteiger charge is 2.18. The van der Waals surface area contributed by atoms with E-state index in [4.69, 9.17) is 16.3 Å². The van der Waals surface area contributed by atoms with Gasteiger partial charge in [-0.2, -0.15) is 0 Å². The van der Waals surface area contributed by atoms with E-state index in [0.717, 1.165) is 17.8 Å². The van der Waals surface area contributed by atoms with E-state index in [2.05, 4.69) is 30.3 Å². The fraction of sp³-hybridized carbons (Fsp3) is 0.533. The Hall–Kier alpha value is -1.29. The Balaban J connectivity index is 2.60. The number of aromatic nitrogens is 2. The van der Waals surface area contributed by atoms with Crippen LogP contribution < -0.4 is 4.74 Å². The van der Waals surface area contributed by atoms with Gasteiger partial charge in [-0.25, -0.2) is 9.37 Å². The average molecular weight is 299 g/mol. The Morgan fingerprint density at radius 1 is 1.35 bits per heavy atom. The van der Waals surface area contributed by atoms with Crippen molar-refractivity contribution >= 4 is 22.6 Å². The molecule has 2 rings (SSSR count). The van der Waals surface area contributed by atoms with Gasteiger partial charge in [-0.15, -0.1) is 11.6 Å². The number of hydrogen-bond acceptors (Lipinski definition) is 2. The zero-order chi connectivity index (χ0) is 14.9. The van der Waals surface area contributed by atoms with Crippen molar-refractivity contribution < 1.29 is 9.13 Å². The summed E-state index contributed by atoms with van der Waals surface area (Å²) in [6, 6.07) is 3.36. The maximum absolute atomic E-state index is 13.8. The number of benzene rings is 1. The third-order valence-electron chi connectivity index (χ3n) is 3.41. The Bertz CT molecular complexity index is 609. The Morgan fingerprint density at radius 2 is 2.05 bits per heavy atom. The van der Waals surface area contributed by atoms with Crippen LogP contribution in [0.5, 0.6) is 5.75 Å². The number of rotatable bonds is 5. The van der Waals surface area contributed by atoms with Crippen LogP contribution in [0.2, 0.25) is 0 Å². The SMILES string of the molecule is COc1cc2c(cc1F)nc(CCl)n2C(C)CC(C)C. The molecular weight excluding hydrogens is 279 g/mol. The van der Waals surface area contributed by atoms with Gasteiger partial charge in [0.25, 0.3) is 0 Å². The predicted molar refractivity (Wildman–Crippen MR) is 80.0 cm³/mol. The number of imidazole rings is 1. The Morgan fingerprint density at radius 3 is 2.60 bits per heavy atom. The molecule has 0 fully saturated rings. The molecule has 1 unspecified atom stereocenters. The molecule has 3 nitrogen and oxygen atoms in total. The van der Waals surface area contributed by atoms with Crippen molar-refractivity contribution in [3.63, 3.8) is 0 Å². The van der Waals surface area contributed by atoms with Crippen LogP contribution in [0.3, 0.4) is 0 Å². The zero-order valence-electron chi connectivity index (χ0n) is 12.3. The lowest BCUT2D eigenvalue weighted by atomic mass is 10.0. The van der Waals surface area contributed by atoms with Crippen molar-refractivity contribution in [3.8, 4) is 5.75 Å². The van der Waals surface area contributed by atoms with Crippen molar-refractivity contribution in [2.45, 2.75) is 39.1 Å². The van der Waals surface area contributed by atoms with Gasteiger partial charge < -0.3 is 9.30 Å². The first-order valence-corrected chi connectivity index (χ1v) is 7.31. The summed E-state index contributed by atoms with van der Waals surface area (Å²) in [4.78, 5) is 4.43. The third-order valence-corrected chi connectivity index (χ3v) is 3.65.